The number of ether oxygens (including phenoxy) is 1. The molecule has 13 heavy (non-hydrogen) atoms. The number of halogens is 1. The van der Waals surface area contributed by atoms with E-state index < -0.39 is 50.2 Å². The minimum absolute atomic E-state index is 0.112. The van der Waals surface area contributed by atoms with Gasteiger partial charge in [0, 0.05) is 39.3 Å². The molecule has 3 nitrogen and oxygen atoms in total. The van der Waals surface area contributed by atoms with Crippen molar-refractivity contribution in [1.82, 2.24) is 9.88 Å². The Bertz CT molecular complexity index is 675. The standard InChI is InChI=1S/C9H11BrN2O/c1-12-5-8(6-12)13-9-4-7(10)2-3-11-9/h2-4,8H,5-6H2,1H3/i1D3,2D,3D,4D,5D2,6D2,8D. The van der Waals surface area contributed by atoms with E-state index >= 15 is 0 Å². The maximum atomic E-state index is 8.00. The predicted octanol–water partition coefficient (Wildman–Crippen LogP) is 1.54. The molecule has 4 heteroatoms. The second-order valence-electron chi connectivity index (χ2n) is 2.08. The summed E-state index contributed by atoms with van der Waals surface area (Å²) < 4.78 is 88.1. The lowest BCUT2D eigenvalue weighted by atomic mass is 10.2. The van der Waals surface area contributed by atoms with Gasteiger partial charge in [-0.3, -0.25) is 4.90 Å². The van der Waals surface area contributed by atoms with E-state index in [1.807, 2.05) is 0 Å². The van der Waals surface area contributed by atoms with E-state index in [0.717, 1.165) is 0 Å². The van der Waals surface area contributed by atoms with Crippen LogP contribution in [0.5, 0.6) is 5.88 Å². The Balaban J connectivity index is 2.51. The van der Waals surface area contributed by atoms with Gasteiger partial charge in [0.2, 0.25) is 5.88 Å². The second kappa shape index (κ2) is 3.64. The number of likely N-dealkylation sites (N-methyl/N-ethyl adjacent to an activating group) is 1. The van der Waals surface area contributed by atoms with Crippen molar-refractivity contribution in [1.29, 1.82) is 0 Å². The highest BCUT2D eigenvalue weighted by molar-refractivity contribution is 9.10. The summed E-state index contributed by atoms with van der Waals surface area (Å²) >= 11 is 2.86. The van der Waals surface area contributed by atoms with Crippen LogP contribution in [0.3, 0.4) is 0 Å². The molecule has 1 aromatic rings. The summed E-state index contributed by atoms with van der Waals surface area (Å²) in [6.45, 7) is -9.29. The smallest absolute Gasteiger partial charge is 0.214 e. The van der Waals surface area contributed by atoms with E-state index in [1.54, 1.807) is 0 Å². The average molecular weight is 254 g/mol. The number of hydrogen-bond donors (Lipinski definition) is 0. The molecular weight excluding hydrogens is 232 g/mol. The third-order valence-corrected chi connectivity index (χ3v) is 1.56. The molecule has 0 N–H and O–H groups in total. The highest BCUT2D eigenvalue weighted by atomic mass is 79.9. The molecule has 1 aliphatic heterocycles. The van der Waals surface area contributed by atoms with Gasteiger partial charge in [0.05, 0.1) is 5.48 Å². The number of likely N-dealkylation sites (tertiary alicyclic amines) is 1. The molecule has 0 atom stereocenters. The predicted molar refractivity (Wildman–Crippen MR) is 53.9 cm³/mol. The highest BCUT2D eigenvalue weighted by Gasteiger charge is 2.25. The summed E-state index contributed by atoms with van der Waals surface area (Å²) in [4.78, 5) is 3.33. The Kier molecular flexibility index (Phi) is 0.756. The lowest BCUT2D eigenvalue weighted by Crippen LogP contribution is -2.51. The lowest BCUT2D eigenvalue weighted by Gasteiger charge is -2.35. The Morgan fingerprint density at radius 2 is 2.85 bits per heavy atom. The van der Waals surface area contributed by atoms with E-state index in [0.29, 0.717) is 0 Å². The summed E-state index contributed by atoms with van der Waals surface area (Å²) in [5.74, 6) is -0.754. The molecule has 0 bridgehead atoms. The van der Waals surface area contributed by atoms with E-state index in [1.165, 1.54) is 0 Å². The molecule has 0 radical (unpaired) electrons. The highest BCUT2D eigenvalue weighted by Crippen LogP contribution is 2.18. The average Bonchev–Trinajstić information content (AvgIpc) is 2.39. The summed E-state index contributed by atoms with van der Waals surface area (Å²) in [5, 5.41) is 0. The molecule has 0 amide bonds. The zero-order chi connectivity index (χ0) is 18.9. The van der Waals surface area contributed by atoms with Gasteiger partial charge in [0.1, 0.15) is 6.08 Å². The van der Waals surface area contributed by atoms with Gasteiger partial charge in [-0.1, -0.05) is 15.9 Å². The van der Waals surface area contributed by atoms with Crippen LogP contribution < -0.4 is 4.74 Å². The zero-order valence-corrected chi connectivity index (χ0v) is 7.77. The molecule has 0 aromatic carbocycles. The van der Waals surface area contributed by atoms with Gasteiger partial charge in [-0.15, -0.1) is 0 Å². The van der Waals surface area contributed by atoms with Crippen LogP contribution in [0.1, 0.15) is 15.1 Å². The van der Waals surface area contributed by atoms with Crippen LogP contribution in [-0.2, 0) is 0 Å². The minimum atomic E-state index is -3.16. The van der Waals surface area contributed by atoms with Gasteiger partial charge in [0.15, 0.2) is 0 Å². The first-order valence-electron chi connectivity index (χ1n) is 8.72. The summed E-state index contributed by atoms with van der Waals surface area (Å²) in [6, 6.07) is -1.02. The number of pyridine rings is 1. The largest absolute Gasteiger partial charge is 0.472 e. The zero-order valence-electron chi connectivity index (χ0n) is 17.2. The number of rotatable bonds is 2. The summed E-state index contributed by atoms with van der Waals surface area (Å²) in [7, 11) is 0. The van der Waals surface area contributed by atoms with E-state index in [2.05, 4.69) is 20.9 Å². The van der Waals surface area contributed by atoms with Crippen LogP contribution in [0.4, 0.5) is 0 Å². The molecule has 0 spiro atoms. The molecule has 2 rings (SSSR count). The molecule has 1 aromatic heterocycles. The molecule has 1 aliphatic rings. The second-order valence-corrected chi connectivity index (χ2v) is 2.88. The Hall–Kier alpha value is -0.610. The van der Waals surface area contributed by atoms with Crippen LogP contribution in [0.15, 0.2) is 22.7 Å². The quantitative estimate of drug-likeness (QED) is 0.800. The van der Waals surface area contributed by atoms with Crippen molar-refractivity contribution in [2.45, 2.75) is 6.08 Å². The van der Waals surface area contributed by atoms with Crippen molar-refractivity contribution in [2.75, 3.05) is 20.0 Å². The molecule has 70 valence electrons. The molecule has 2 heterocycles. The van der Waals surface area contributed by atoms with Crippen molar-refractivity contribution < 1.29 is 19.8 Å². The number of hydrogen-bond acceptors (Lipinski definition) is 3. The van der Waals surface area contributed by atoms with E-state index in [4.69, 9.17) is 19.8 Å². The Morgan fingerprint density at radius 1 is 2.00 bits per heavy atom. The third-order valence-electron chi connectivity index (χ3n) is 1.17. The molecule has 0 saturated carbocycles. The molecule has 1 saturated heterocycles. The molecule has 1 fully saturated rings. The van der Waals surface area contributed by atoms with Crippen LogP contribution in [0.25, 0.3) is 0 Å². The van der Waals surface area contributed by atoms with Crippen molar-refractivity contribution in [3.8, 4) is 5.88 Å². The van der Waals surface area contributed by atoms with Crippen LogP contribution in [-0.4, -0.2) is 35.9 Å². The summed E-state index contributed by atoms with van der Waals surface area (Å²) in [6.07, 6.45) is -3.68. The van der Waals surface area contributed by atoms with Crippen LogP contribution in [0, 0.1) is 0 Å². The maximum absolute atomic E-state index is 8.00. The fraction of sp³-hybridized carbons (Fsp3) is 0.444. The van der Waals surface area contributed by atoms with Crippen LogP contribution >= 0.6 is 15.9 Å². The first-order chi connectivity index (χ1) is 10.6. The van der Waals surface area contributed by atoms with E-state index in [9.17, 15) is 0 Å². The first kappa shape index (κ1) is 2.70. The molecular formula is C9H11BrN2O. The minimum Gasteiger partial charge on any atom is -0.472 e. The van der Waals surface area contributed by atoms with Crippen molar-refractivity contribution in [2.24, 2.45) is 0 Å². The van der Waals surface area contributed by atoms with Gasteiger partial charge in [-0.2, -0.15) is 0 Å². The van der Waals surface area contributed by atoms with Crippen LogP contribution in [0.2, 0.25) is 0 Å². The number of aromatic nitrogens is 1. The molecule has 0 aliphatic carbocycles. The lowest BCUT2D eigenvalue weighted by molar-refractivity contribution is 0.0355. The van der Waals surface area contributed by atoms with Gasteiger partial charge >= 0.3 is 0 Å². The summed E-state index contributed by atoms with van der Waals surface area (Å²) in [5.41, 5.74) is 0. The Morgan fingerprint density at radius 3 is 3.62 bits per heavy atom. The fourth-order valence-electron chi connectivity index (χ4n) is 0.675. The van der Waals surface area contributed by atoms with Gasteiger partial charge in [0.25, 0.3) is 0 Å². The van der Waals surface area contributed by atoms with Crippen molar-refractivity contribution in [3.05, 3.63) is 22.7 Å². The van der Waals surface area contributed by atoms with E-state index in [-0.39, 0.29) is 9.37 Å². The van der Waals surface area contributed by atoms with Gasteiger partial charge in [-0.25, -0.2) is 4.98 Å². The first-order valence-corrected chi connectivity index (χ1v) is 4.01. The Labute approximate surface area is 101 Å². The third kappa shape index (κ3) is 2.19. The van der Waals surface area contributed by atoms with Gasteiger partial charge in [-0.05, 0) is 13.0 Å². The maximum Gasteiger partial charge on any atom is 0.214 e. The normalized spacial score (nSPS) is 41.8. The van der Waals surface area contributed by atoms with Crippen molar-refractivity contribution in [3.63, 3.8) is 0 Å². The fourth-order valence-corrected chi connectivity index (χ4v) is 0.933. The monoisotopic (exact) mass is 253 g/mol. The molecule has 0 unspecified atom stereocenters. The van der Waals surface area contributed by atoms with Crippen molar-refractivity contribution >= 4 is 15.9 Å². The topological polar surface area (TPSA) is 25.4 Å². The SMILES string of the molecule is [2H]c1nc(OC2([2H])C([2H])([2H])N(C([2H])([2H])[2H])C2([2H])[2H])c([2H])c(Br)c1[2H]. The van der Waals surface area contributed by atoms with Gasteiger partial charge < -0.3 is 4.74 Å². The number of nitrogens with zero attached hydrogens (tertiary/aromatic N) is 2.